The summed E-state index contributed by atoms with van der Waals surface area (Å²) in [7, 11) is 0. The molecule has 1 heterocycles. The summed E-state index contributed by atoms with van der Waals surface area (Å²) in [4.78, 5) is 10.7. The van der Waals surface area contributed by atoms with Gasteiger partial charge in [-0.3, -0.25) is 0 Å². The second-order valence-corrected chi connectivity index (χ2v) is 4.80. The fourth-order valence-electron chi connectivity index (χ4n) is 1.73. The number of halogens is 2. The zero-order chi connectivity index (χ0) is 12.4. The van der Waals surface area contributed by atoms with Gasteiger partial charge >= 0.3 is 0 Å². The first-order chi connectivity index (χ1) is 8.11. The number of carbonyl (C=O) groups excluding carboxylic acids is 1. The predicted molar refractivity (Wildman–Crippen MR) is 63.7 cm³/mol. The maximum Gasteiger partial charge on any atom is 0.166 e. The Morgan fingerprint density at radius 3 is 3.06 bits per heavy atom. The van der Waals surface area contributed by atoms with Gasteiger partial charge < -0.3 is 14.3 Å². The smallest absolute Gasteiger partial charge is 0.166 e. The quantitative estimate of drug-likeness (QED) is 0.805. The first-order valence-corrected chi connectivity index (χ1v) is 6.10. The first-order valence-electron chi connectivity index (χ1n) is 5.31. The molecule has 17 heavy (non-hydrogen) atoms. The van der Waals surface area contributed by atoms with E-state index in [9.17, 15) is 9.18 Å². The van der Waals surface area contributed by atoms with Crippen molar-refractivity contribution in [3.8, 4) is 5.75 Å². The minimum atomic E-state index is -0.599. The molecule has 0 bridgehead atoms. The van der Waals surface area contributed by atoms with Crippen LogP contribution in [0.25, 0.3) is 0 Å². The molecule has 0 aromatic heterocycles. The molecule has 1 aliphatic rings. The van der Waals surface area contributed by atoms with E-state index in [2.05, 4.69) is 15.9 Å². The molecule has 92 valence electrons. The highest BCUT2D eigenvalue weighted by molar-refractivity contribution is 9.10. The number of benzene rings is 1. The lowest BCUT2D eigenvalue weighted by Crippen LogP contribution is -2.28. The molecule has 0 N–H and O–H groups in total. The van der Waals surface area contributed by atoms with Gasteiger partial charge in [-0.1, -0.05) is 15.9 Å². The van der Waals surface area contributed by atoms with Crippen molar-refractivity contribution >= 4 is 22.2 Å². The monoisotopic (exact) mass is 302 g/mol. The molecule has 0 amide bonds. The Bertz CT molecular complexity index is 436. The van der Waals surface area contributed by atoms with E-state index in [1.54, 1.807) is 6.07 Å². The Balaban J connectivity index is 2.18. The third-order valence-electron chi connectivity index (χ3n) is 2.70. The fraction of sp³-hybridized carbons (Fsp3) is 0.417. The van der Waals surface area contributed by atoms with Crippen LogP contribution in [-0.2, 0) is 9.53 Å². The van der Waals surface area contributed by atoms with Crippen molar-refractivity contribution in [2.75, 3.05) is 6.61 Å². The summed E-state index contributed by atoms with van der Waals surface area (Å²) in [5.74, 6) is -0.285. The second kappa shape index (κ2) is 5.14. The van der Waals surface area contributed by atoms with Crippen molar-refractivity contribution in [3.05, 3.63) is 28.0 Å². The molecular weight excluding hydrogens is 291 g/mol. The van der Waals surface area contributed by atoms with Crippen molar-refractivity contribution < 1.29 is 18.7 Å². The molecule has 0 aliphatic carbocycles. The lowest BCUT2D eigenvalue weighted by Gasteiger charge is -2.17. The molecule has 1 unspecified atom stereocenters. The molecule has 0 spiro atoms. The van der Waals surface area contributed by atoms with Crippen molar-refractivity contribution in [1.29, 1.82) is 0 Å². The van der Waals surface area contributed by atoms with Gasteiger partial charge in [0.05, 0.1) is 6.61 Å². The third kappa shape index (κ3) is 2.66. The molecule has 0 radical (unpaired) electrons. The summed E-state index contributed by atoms with van der Waals surface area (Å²) < 4.78 is 25.0. The molecule has 1 aromatic carbocycles. The lowest BCUT2D eigenvalue weighted by molar-refractivity contribution is -0.118. The van der Waals surface area contributed by atoms with E-state index in [1.807, 2.05) is 6.92 Å². The van der Waals surface area contributed by atoms with Gasteiger partial charge in [0.2, 0.25) is 0 Å². The van der Waals surface area contributed by atoms with Gasteiger partial charge in [-0.2, -0.15) is 0 Å². The largest absolute Gasteiger partial charge is 0.484 e. The average molecular weight is 303 g/mol. The SMILES string of the molecule is Cc1cc(O[C@H]2CCOC2C=O)c(F)cc1Br. The summed E-state index contributed by atoms with van der Waals surface area (Å²) in [6, 6.07) is 2.97. The van der Waals surface area contributed by atoms with Gasteiger partial charge in [-0.05, 0) is 24.6 Å². The van der Waals surface area contributed by atoms with E-state index in [1.165, 1.54) is 6.07 Å². The number of hydrogen-bond acceptors (Lipinski definition) is 3. The molecular formula is C12H12BrFO3. The zero-order valence-corrected chi connectivity index (χ0v) is 10.9. The van der Waals surface area contributed by atoms with Crippen molar-refractivity contribution in [2.24, 2.45) is 0 Å². The normalized spacial score (nSPS) is 23.7. The van der Waals surface area contributed by atoms with Crippen LogP contribution < -0.4 is 4.74 Å². The van der Waals surface area contributed by atoms with E-state index in [0.717, 1.165) is 5.56 Å². The number of aryl methyl sites for hydroxylation is 1. The van der Waals surface area contributed by atoms with Crippen LogP contribution in [0.5, 0.6) is 5.75 Å². The standard InChI is InChI=1S/C12H12BrFO3/c1-7-4-11(9(14)5-8(7)13)17-10-2-3-16-12(10)6-15/h4-6,10,12H,2-3H2,1H3/t10-,12?/m0/s1. The fourth-order valence-corrected chi connectivity index (χ4v) is 2.04. The van der Waals surface area contributed by atoms with Crippen LogP contribution >= 0.6 is 15.9 Å². The van der Waals surface area contributed by atoms with Crippen LogP contribution in [0.4, 0.5) is 4.39 Å². The Labute approximate surface area is 107 Å². The molecule has 2 atom stereocenters. The maximum atomic E-state index is 13.6. The highest BCUT2D eigenvalue weighted by atomic mass is 79.9. The number of ether oxygens (including phenoxy) is 2. The molecule has 2 rings (SSSR count). The molecule has 1 aromatic rings. The van der Waals surface area contributed by atoms with Crippen LogP contribution in [0.1, 0.15) is 12.0 Å². The van der Waals surface area contributed by atoms with Crippen LogP contribution in [0, 0.1) is 12.7 Å². The second-order valence-electron chi connectivity index (χ2n) is 3.95. The molecule has 1 saturated heterocycles. The van der Waals surface area contributed by atoms with Crippen molar-refractivity contribution in [2.45, 2.75) is 25.6 Å². The summed E-state index contributed by atoms with van der Waals surface area (Å²) in [6.45, 7) is 2.31. The Hall–Kier alpha value is -0.940. The lowest BCUT2D eigenvalue weighted by atomic mass is 10.2. The van der Waals surface area contributed by atoms with Crippen molar-refractivity contribution in [3.63, 3.8) is 0 Å². The molecule has 0 saturated carbocycles. The van der Waals surface area contributed by atoms with Gasteiger partial charge in [0, 0.05) is 10.9 Å². The van der Waals surface area contributed by atoms with Crippen LogP contribution in [0.3, 0.4) is 0 Å². The topological polar surface area (TPSA) is 35.5 Å². The van der Waals surface area contributed by atoms with Crippen LogP contribution in [0.15, 0.2) is 16.6 Å². The molecule has 1 aliphatic heterocycles. The summed E-state index contributed by atoms with van der Waals surface area (Å²) in [5, 5.41) is 0. The third-order valence-corrected chi connectivity index (χ3v) is 3.56. The van der Waals surface area contributed by atoms with E-state index < -0.39 is 18.0 Å². The number of carbonyl (C=O) groups is 1. The molecule has 3 nitrogen and oxygen atoms in total. The molecule has 1 fully saturated rings. The highest BCUT2D eigenvalue weighted by Crippen LogP contribution is 2.28. The Morgan fingerprint density at radius 1 is 1.59 bits per heavy atom. The van der Waals surface area contributed by atoms with Crippen LogP contribution in [-0.4, -0.2) is 25.1 Å². The maximum absolute atomic E-state index is 13.6. The average Bonchev–Trinajstić information content (AvgIpc) is 2.73. The Kier molecular flexibility index (Phi) is 3.79. The van der Waals surface area contributed by atoms with E-state index in [-0.39, 0.29) is 5.75 Å². The van der Waals surface area contributed by atoms with Crippen molar-refractivity contribution in [1.82, 2.24) is 0 Å². The van der Waals surface area contributed by atoms with E-state index in [4.69, 9.17) is 9.47 Å². The summed E-state index contributed by atoms with van der Waals surface area (Å²) in [5.41, 5.74) is 0.878. The van der Waals surface area contributed by atoms with Gasteiger partial charge in [0.25, 0.3) is 0 Å². The minimum Gasteiger partial charge on any atom is -0.484 e. The zero-order valence-electron chi connectivity index (χ0n) is 9.28. The number of aldehydes is 1. The Morgan fingerprint density at radius 2 is 2.35 bits per heavy atom. The van der Waals surface area contributed by atoms with E-state index >= 15 is 0 Å². The van der Waals surface area contributed by atoms with Gasteiger partial charge in [0.15, 0.2) is 17.9 Å². The van der Waals surface area contributed by atoms with Gasteiger partial charge in [-0.25, -0.2) is 4.39 Å². The molecule has 5 heteroatoms. The highest BCUT2D eigenvalue weighted by Gasteiger charge is 2.30. The van der Waals surface area contributed by atoms with Gasteiger partial charge in [0.1, 0.15) is 12.2 Å². The van der Waals surface area contributed by atoms with E-state index in [0.29, 0.717) is 23.8 Å². The summed E-state index contributed by atoms with van der Waals surface area (Å²) >= 11 is 3.24. The summed E-state index contributed by atoms with van der Waals surface area (Å²) in [6.07, 6.45) is 0.292. The number of rotatable bonds is 3. The number of hydrogen-bond donors (Lipinski definition) is 0. The van der Waals surface area contributed by atoms with Gasteiger partial charge in [-0.15, -0.1) is 0 Å². The first kappa shape index (κ1) is 12.5. The van der Waals surface area contributed by atoms with Crippen LogP contribution in [0.2, 0.25) is 0 Å². The predicted octanol–water partition coefficient (Wildman–Crippen LogP) is 2.63. The minimum absolute atomic E-state index is 0.160.